The van der Waals surface area contributed by atoms with Crippen molar-refractivity contribution in [3.05, 3.63) is 26.0 Å². The number of terminal acetylenes is 1. The van der Waals surface area contributed by atoms with Crippen molar-refractivity contribution < 1.29 is 0 Å². The minimum absolute atomic E-state index is 0.408. The molecule has 1 aromatic heterocycles. The summed E-state index contributed by atoms with van der Waals surface area (Å²) in [7, 11) is 0. The zero-order chi connectivity index (χ0) is 8.43. The van der Waals surface area contributed by atoms with E-state index in [0.29, 0.717) is 10.7 Å². The number of rotatable bonds is 0. The molecule has 0 unspecified atom stereocenters. The van der Waals surface area contributed by atoms with Gasteiger partial charge in [-0.3, -0.25) is 0 Å². The van der Waals surface area contributed by atoms with Gasteiger partial charge in [0.2, 0.25) is 0 Å². The van der Waals surface area contributed by atoms with Crippen LogP contribution in [0.5, 0.6) is 0 Å². The Balaban J connectivity index is 3.44. The minimum Gasteiger partial charge on any atom is -0.242 e. The normalized spacial score (nSPS) is 9.27. The fraction of sp³-hybridized carbons (Fsp3) is 0.125. The first-order valence-corrected chi connectivity index (χ1v) is 4.39. The van der Waals surface area contributed by atoms with E-state index in [2.05, 4.69) is 33.5 Å². The molecular formula is C8H5ClIN. The van der Waals surface area contributed by atoms with Gasteiger partial charge in [-0.25, -0.2) is 4.98 Å². The van der Waals surface area contributed by atoms with Crippen LogP contribution in [0.3, 0.4) is 0 Å². The number of nitrogens with zero attached hydrogens (tertiary/aromatic N) is 1. The second-order valence-electron chi connectivity index (χ2n) is 2.04. The van der Waals surface area contributed by atoms with Crippen molar-refractivity contribution in [2.45, 2.75) is 6.92 Å². The molecule has 11 heavy (non-hydrogen) atoms. The monoisotopic (exact) mass is 277 g/mol. The number of pyridine rings is 1. The van der Waals surface area contributed by atoms with E-state index in [1.165, 1.54) is 0 Å². The third kappa shape index (κ3) is 1.66. The molecule has 0 saturated heterocycles. The molecule has 0 aliphatic carbocycles. The van der Waals surface area contributed by atoms with Gasteiger partial charge in [-0.15, -0.1) is 6.42 Å². The second-order valence-corrected chi connectivity index (χ2v) is 3.56. The van der Waals surface area contributed by atoms with E-state index in [1.807, 2.05) is 6.92 Å². The predicted molar refractivity (Wildman–Crippen MR) is 54.6 cm³/mol. The maximum atomic E-state index is 5.74. The summed E-state index contributed by atoms with van der Waals surface area (Å²) < 4.78 is 1.04. The number of aromatic nitrogens is 1. The molecule has 0 spiro atoms. The average molecular weight is 277 g/mol. The summed E-state index contributed by atoms with van der Waals surface area (Å²) in [6, 6.07) is 0. The van der Waals surface area contributed by atoms with Crippen molar-refractivity contribution in [1.29, 1.82) is 0 Å². The topological polar surface area (TPSA) is 12.9 Å². The quantitative estimate of drug-likeness (QED) is 0.403. The molecule has 3 heteroatoms. The fourth-order valence-electron chi connectivity index (χ4n) is 0.717. The molecule has 0 aromatic carbocycles. The van der Waals surface area contributed by atoms with Crippen LogP contribution in [-0.2, 0) is 0 Å². The molecule has 0 radical (unpaired) electrons. The highest BCUT2D eigenvalue weighted by atomic mass is 127. The molecule has 1 nitrogen and oxygen atoms in total. The summed E-state index contributed by atoms with van der Waals surface area (Å²) in [6.45, 7) is 1.94. The molecule has 0 fully saturated rings. The summed E-state index contributed by atoms with van der Waals surface area (Å²) in [5.74, 6) is 2.51. The number of halogens is 2. The van der Waals surface area contributed by atoms with Crippen LogP contribution in [0.4, 0.5) is 0 Å². The zero-order valence-electron chi connectivity index (χ0n) is 5.86. The third-order valence-electron chi connectivity index (χ3n) is 1.38. The van der Waals surface area contributed by atoms with Crippen LogP contribution >= 0.6 is 34.2 Å². The van der Waals surface area contributed by atoms with E-state index < -0.39 is 0 Å². The van der Waals surface area contributed by atoms with Crippen LogP contribution < -0.4 is 0 Å². The number of hydrogen-bond donors (Lipinski definition) is 0. The molecule has 1 rings (SSSR count). The molecule has 0 aliphatic heterocycles. The van der Waals surface area contributed by atoms with Gasteiger partial charge >= 0.3 is 0 Å². The molecule has 0 bridgehead atoms. The Morgan fingerprint density at radius 2 is 2.36 bits per heavy atom. The van der Waals surface area contributed by atoms with Gasteiger partial charge < -0.3 is 0 Å². The Labute approximate surface area is 84.3 Å². The first-order chi connectivity index (χ1) is 5.16. The van der Waals surface area contributed by atoms with Gasteiger partial charge in [0.1, 0.15) is 5.15 Å². The molecule has 1 aromatic rings. The van der Waals surface area contributed by atoms with Crippen molar-refractivity contribution in [1.82, 2.24) is 4.98 Å². The Kier molecular flexibility index (Phi) is 2.74. The van der Waals surface area contributed by atoms with Gasteiger partial charge in [0.15, 0.2) is 0 Å². The summed E-state index contributed by atoms with van der Waals surface area (Å²) in [5, 5.41) is 0.408. The Bertz CT molecular complexity index is 328. The van der Waals surface area contributed by atoms with Gasteiger partial charge in [-0.2, -0.15) is 0 Å². The zero-order valence-corrected chi connectivity index (χ0v) is 8.77. The van der Waals surface area contributed by atoms with Crippen molar-refractivity contribution >= 4 is 34.2 Å². The Morgan fingerprint density at radius 1 is 1.73 bits per heavy atom. The van der Waals surface area contributed by atoms with E-state index in [4.69, 9.17) is 18.0 Å². The summed E-state index contributed by atoms with van der Waals surface area (Å²) >= 11 is 7.92. The molecule has 0 saturated carbocycles. The lowest BCUT2D eigenvalue weighted by Gasteiger charge is -2.01. The van der Waals surface area contributed by atoms with Crippen molar-refractivity contribution in [3.63, 3.8) is 0 Å². The van der Waals surface area contributed by atoms with Crippen LogP contribution in [-0.4, -0.2) is 4.98 Å². The highest BCUT2D eigenvalue weighted by Crippen LogP contribution is 2.20. The summed E-state index contributed by atoms with van der Waals surface area (Å²) in [5.41, 5.74) is 1.71. The van der Waals surface area contributed by atoms with Crippen molar-refractivity contribution in [2.75, 3.05) is 0 Å². The van der Waals surface area contributed by atoms with E-state index >= 15 is 0 Å². The molecule has 56 valence electrons. The van der Waals surface area contributed by atoms with E-state index in [1.54, 1.807) is 6.20 Å². The highest BCUT2D eigenvalue weighted by molar-refractivity contribution is 14.1. The molecule has 0 atom stereocenters. The van der Waals surface area contributed by atoms with Crippen LogP contribution in [0.15, 0.2) is 6.20 Å². The molecule has 1 heterocycles. The van der Waals surface area contributed by atoms with Crippen LogP contribution in [0, 0.1) is 22.8 Å². The van der Waals surface area contributed by atoms with Gasteiger partial charge in [0.05, 0.1) is 5.56 Å². The molecular weight excluding hydrogens is 272 g/mol. The van der Waals surface area contributed by atoms with Gasteiger partial charge in [-0.1, -0.05) is 17.5 Å². The Morgan fingerprint density at radius 3 is 2.82 bits per heavy atom. The molecule has 0 N–H and O–H groups in total. The summed E-state index contributed by atoms with van der Waals surface area (Å²) in [6.07, 6.45) is 6.95. The number of hydrogen-bond acceptors (Lipinski definition) is 1. The third-order valence-corrected chi connectivity index (χ3v) is 2.75. The second kappa shape index (κ2) is 3.42. The maximum absolute atomic E-state index is 5.74. The van der Waals surface area contributed by atoms with E-state index in [9.17, 15) is 0 Å². The summed E-state index contributed by atoms with van der Waals surface area (Å²) in [4.78, 5) is 3.93. The van der Waals surface area contributed by atoms with Gasteiger partial charge in [0.25, 0.3) is 0 Å². The minimum atomic E-state index is 0.408. The van der Waals surface area contributed by atoms with Gasteiger partial charge in [-0.05, 0) is 35.1 Å². The van der Waals surface area contributed by atoms with Crippen molar-refractivity contribution in [3.8, 4) is 12.3 Å². The smallest absolute Gasteiger partial charge is 0.144 e. The lowest BCUT2D eigenvalue weighted by molar-refractivity contribution is 1.24. The first-order valence-electron chi connectivity index (χ1n) is 2.94. The van der Waals surface area contributed by atoms with E-state index in [0.717, 1.165) is 9.13 Å². The highest BCUT2D eigenvalue weighted by Gasteiger charge is 2.04. The lowest BCUT2D eigenvalue weighted by atomic mass is 10.2. The largest absolute Gasteiger partial charge is 0.242 e. The van der Waals surface area contributed by atoms with Gasteiger partial charge in [0, 0.05) is 9.77 Å². The van der Waals surface area contributed by atoms with Crippen LogP contribution in [0.1, 0.15) is 11.1 Å². The lowest BCUT2D eigenvalue weighted by Crippen LogP contribution is -1.90. The molecule has 0 amide bonds. The predicted octanol–water partition coefficient (Wildman–Crippen LogP) is 2.63. The maximum Gasteiger partial charge on any atom is 0.144 e. The Hall–Kier alpha value is -0.270. The van der Waals surface area contributed by atoms with Crippen LogP contribution in [0.2, 0.25) is 5.15 Å². The SMILES string of the molecule is C#Cc1c(Cl)ncc(I)c1C. The molecule has 0 aliphatic rings. The standard InChI is InChI=1S/C8H5ClIN/c1-3-6-5(2)7(10)4-11-8(6)9/h1,4H,2H3. The van der Waals surface area contributed by atoms with Crippen molar-refractivity contribution in [2.24, 2.45) is 0 Å². The van der Waals surface area contributed by atoms with Crippen LogP contribution in [0.25, 0.3) is 0 Å². The first kappa shape index (κ1) is 8.82. The fourth-order valence-corrected chi connectivity index (χ4v) is 1.37. The average Bonchev–Trinajstić information content (AvgIpc) is 1.99. The van der Waals surface area contributed by atoms with E-state index in [-0.39, 0.29) is 0 Å².